The molecule has 0 atom stereocenters. The molecule has 0 bridgehead atoms. The van der Waals surface area contributed by atoms with Crippen LogP contribution in [0.1, 0.15) is 24.2 Å². The second-order valence-electron chi connectivity index (χ2n) is 7.62. The smallest absolute Gasteiger partial charge is 0.223 e. The lowest BCUT2D eigenvalue weighted by Crippen LogP contribution is -2.40. The monoisotopic (exact) mass is 413 g/mol. The van der Waals surface area contributed by atoms with Gasteiger partial charge in [-0.1, -0.05) is 17.8 Å². The summed E-state index contributed by atoms with van der Waals surface area (Å²) < 4.78 is 1.88. The summed E-state index contributed by atoms with van der Waals surface area (Å²) in [7, 11) is 1.92. The number of amides is 1. The molecule has 29 heavy (non-hydrogen) atoms. The van der Waals surface area contributed by atoms with E-state index in [1.54, 1.807) is 18.1 Å². The summed E-state index contributed by atoms with van der Waals surface area (Å²) in [5, 5.41) is 11.8. The lowest BCUT2D eigenvalue weighted by atomic mass is 9.96. The highest BCUT2D eigenvalue weighted by Crippen LogP contribution is 2.20. The highest BCUT2D eigenvalue weighted by molar-refractivity contribution is 7.99. The maximum atomic E-state index is 12.5. The zero-order valence-corrected chi connectivity index (χ0v) is 17.7. The predicted molar refractivity (Wildman–Crippen MR) is 114 cm³/mol. The first-order valence-corrected chi connectivity index (χ1v) is 11.0. The van der Waals surface area contributed by atoms with E-state index in [2.05, 4.69) is 55.5 Å². The van der Waals surface area contributed by atoms with Crippen LogP contribution in [0.5, 0.6) is 0 Å². The van der Waals surface area contributed by atoms with Crippen molar-refractivity contribution >= 4 is 28.7 Å². The Hall–Kier alpha value is -2.39. The highest BCUT2D eigenvalue weighted by Gasteiger charge is 2.25. The van der Waals surface area contributed by atoms with Crippen molar-refractivity contribution in [3.05, 3.63) is 35.9 Å². The van der Waals surface area contributed by atoms with Crippen LogP contribution in [-0.4, -0.2) is 60.9 Å². The van der Waals surface area contributed by atoms with Gasteiger partial charge >= 0.3 is 0 Å². The van der Waals surface area contributed by atoms with E-state index in [4.69, 9.17) is 0 Å². The molecule has 3 heterocycles. The van der Waals surface area contributed by atoms with Crippen molar-refractivity contribution in [1.29, 1.82) is 0 Å². The maximum absolute atomic E-state index is 12.5. The van der Waals surface area contributed by atoms with Gasteiger partial charge in [-0.2, -0.15) is 0 Å². The molecule has 1 fully saturated rings. The first kappa shape index (κ1) is 19.9. The fourth-order valence-electron chi connectivity index (χ4n) is 3.68. The Morgan fingerprint density at radius 3 is 2.93 bits per heavy atom. The number of hydrogen-bond donors (Lipinski definition) is 2. The third kappa shape index (κ3) is 4.97. The van der Waals surface area contributed by atoms with Gasteiger partial charge in [0.2, 0.25) is 5.91 Å². The van der Waals surface area contributed by atoms with Gasteiger partial charge in [0.1, 0.15) is 12.2 Å². The van der Waals surface area contributed by atoms with Gasteiger partial charge in [0.15, 0.2) is 5.16 Å². The number of carbonyl (C=O) groups is 1. The minimum absolute atomic E-state index is 0.101. The molecule has 2 aromatic heterocycles. The fourth-order valence-corrected chi connectivity index (χ4v) is 4.42. The van der Waals surface area contributed by atoms with E-state index in [-0.39, 0.29) is 11.8 Å². The Balaban J connectivity index is 1.19. The second-order valence-corrected chi connectivity index (χ2v) is 8.68. The molecule has 1 aliphatic heterocycles. The van der Waals surface area contributed by atoms with Gasteiger partial charge in [0.05, 0.1) is 17.6 Å². The summed E-state index contributed by atoms with van der Waals surface area (Å²) in [6.45, 7) is 5.37. The summed E-state index contributed by atoms with van der Waals surface area (Å²) in [6.07, 6.45) is 3.46. The number of fused-ring (bicyclic) bond motifs is 1. The van der Waals surface area contributed by atoms with Crippen LogP contribution in [0.15, 0.2) is 29.7 Å². The van der Waals surface area contributed by atoms with E-state index >= 15 is 0 Å². The zero-order valence-electron chi connectivity index (χ0n) is 16.9. The molecule has 1 saturated heterocycles. The molecule has 0 radical (unpaired) electrons. The summed E-state index contributed by atoms with van der Waals surface area (Å²) in [4.78, 5) is 22.9. The quantitative estimate of drug-likeness (QED) is 0.455. The normalized spacial score (nSPS) is 15.8. The molecule has 0 aliphatic carbocycles. The van der Waals surface area contributed by atoms with Gasteiger partial charge in [0.25, 0.3) is 0 Å². The number of rotatable bonds is 7. The SMILES string of the molecule is Cc1ccc2nc(CN3CCC(C(=O)NCCSc4nncn4C)CC3)[nH]c2c1. The van der Waals surface area contributed by atoms with Crippen molar-refractivity contribution in [2.75, 3.05) is 25.4 Å². The number of likely N-dealkylation sites (tertiary alicyclic amines) is 1. The molecule has 2 N–H and O–H groups in total. The van der Waals surface area contributed by atoms with Crippen LogP contribution in [-0.2, 0) is 18.4 Å². The van der Waals surface area contributed by atoms with Crippen LogP contribution >= 0.6 is 11.8 Å². The molecule has 9 heteroatoms. The number of benzene rings is 1. The van der Waals surface area contributed by atoms with Crippen LogP contribution in [0, 0.1) is 12.8 Å². The molecule has 0 unspecified atom stereocenters. The number of aromatic nitrogens is 5. The van der Waals surface area contributed by atoms with Crippen molar-refractivity contribution in [2.24, 2.45) is 13.0 Å². The number of nitrogens with one attached hydrogen (secondary N) is 2. The molecular weight excluding hydrogens is 386 g/mol. The minimum atomic E-state index is 0.101. The van der Waals surface area contributed by atoms with Crippen LogP contribution in [0.2, 0.25) is 0 Å². The third-order valence-electron chi connectivity index (χ3n) is 5.32. The summed E-state index contributed by atoms with van der Waals surface area (Å²) >= 11 is 1.60. The molecular formula is C20H27N7OS. The molecule has 4 rings (SSSR count). The Labute approximate surface area is 174 Å². The number of hydrogen-bond acceptors (Lipinski definition) is 6. The Morgan fingerprint density at radius 1 is 1.34 bits per heavy atom. The Morgan fingerprint density at radius 2 is 2.17 bits per heavy atom. The largest absolute Gasteiger partial charge is 0.355 e. The summed E-state index contributed by atoms with van der Waals surface area (Å²) in [5.41, 5.74) is 3.34. The van der Waals surface area contributed by atoms with E-state index in [0.717, 1.165) is 60.2 Å². The Kier molecular flexibility index (Phi) is 6.15. The third-order valence-corrected chi connectivity index (χ3v) is 6.36. The summed E-state index contributed by atoms with van der Waals surface area (Å²) in [5.74, 6) is 2.06. The molecule has 0 saturated carbocycles. The number of aromatic amines is 1. The van der Waals surface area contributed by atoms with Gasteiger partial charge in [-0.25, -0.2) is 4.98 Å². The Bertz CT molecular complexity index is 974. The number of carbonyl (C=O) groups excluding carboxylic acids is 1. The molecule has 1 amide bonds. The van der Waals surface area contributed by atoms with E-state index < -0.39 is 0 Å². The van der Waals surface area contributed by atoms with Crippen LogP contribution < -0.4 is 5.32 Å². The van der Waals surface area contributed by atoms with Crippen LogP contribution in [0.3, 0.4) is 0 Å². The average Bonchev–Trinajstić information content (AvgIpc) is 3.30. The zero-order chi connectivity index (χ0) is 20.2. The molecule has 0 spiro atoms. The van der Waals surface area contributed by atoms with E-state index in [1.807, 2.05) is 11.6 Å². The topological polar surface area (TPSA) is 91.7 Å². The molecule has 1 aliphatic rings. The van der Waals surface area contributed by atoms with Gasteiger partial charge in [0, 0.05) is 25.3 Å². The van der Waals surface area contributed by atoms with Gasteiger partial charge < -0.3 is 14.9 Å². The van der Waals surface area contributed by atoms with E-state index in [9.17, 15) is 4.79 Å². The minimum Gasteiger partial charge on any atom is -0.355 e. The number of piperidine rings is 1. The number of imidazole rings is 1. The molecule has 154 valence electrons. The number of H-pyrrole nitrogens is 1. The first-order chi connectivity index (χ1) is 14.1. The van der Waals surface area contributed by atoms with Crippen molar-refractivity contribution in [3.63, 3.8) is 0 Å². The average molecular weight is 414 g/mol. The second kappa shape index (κ2) is 8.96. The number of aryl methyl sites for hydroxylation is 2. The van der Waals surface area contributed by atoms with Gasteiger partial charge in [-0.15, -0.1) is 10.2 Å². The predicted octanol–water partition coefficient (Wildman–Crippen LogP) is 2.12. The van der Waals surface area contributed by atoms with E-state index in [0.29, 0.717) is 6.54 Å². The number of thioether (sulfide) groups is 1. The van der Waals surface area contributed by atoms with Crippen molar-refractivity contribution in [3.8, 4) is 0 Å². The van der Waals surface area contributed by atoms with Gasteiger partial charge in [-0.3, -0.25) is 9.69 Å². The lowest BCUT2D eigenvalue weighted by Gasteiger charge is -2.30. The lowest BCUT2D eigenvalue weighted by molar-refractivity contribution is -0.126. The first-order valence-electron chi connectivity index (χ1n) is 10.0. The highest BCUT2D eigenvalue weighted by atomic mass is 32.2. The fraction of sp³-hybridized carbons (Fsp3) is 0.500. The standard InChI is InChI=1S/C20H27N7OS/c1-14-3-4-16-17(11-14)24-18(23-16)12-27-8-5-15(6-9-27)19(28)21-7-10-29-20-25-22-13-26(20)2/h3-4,11,13,15H,5-10,12H2,1-2H3,(H,21,28)(H,23,24). The number of nitrogens with zero attached hydrogens (tertiary/aromatic N) is 5. The van der Waals surface area contributed by atoms with Crippen molar-refractivity contribution in [1.82, 2.24) is 34.9 Å². The molecule has 3 aromatic rings. The van der Waals surface area contributed by atoms with Crippen LogP contribution in [0.25, 0.3) is 11.0 Å². The molecule has 1 aromatic carbocycles. The van der Waals surface area contributed by atoms with Crippen molar-refractivity contribution in [2.45, 2.75) is 31.5 Å². The molecule has 8 nitrogen and oxygen atoms in total. The van der Waals surface area contributed by atoms with Gasteiger partial charge in [-0.05, 0) is 50.6 Å². The van der Waals surface area contributed by atoms with Crippen molar-refractivity contribution < 1.29 is 4.79 Å². The maximum Gasteiger partial charge on any atom is 0.223 e. The summed E-state index contributed by atoms with van der Waals surface area (Å²) in [6, 6.07) is 6.28. The van der Waals surface area contributed by atoms with Crippen LogP contribution in [0.4, 0.5) is 0 Å². The van der Waals surface area contributed by atoms with E-state index in [1.165, 1.54) is 5.56 Å².